The highest BCUT2D eigenvalue weighted by Crippen LogP contribution is 2.55. The topological polar surface area (TPSA) is 6.48 Å². The highest BCUT2D eigenvalue weighted by molar-refractivity contribution is 6.43. The van der Waals surface area contributed by atoms with Crippen LogP contribution in [0.5, 0.6) is 0 Å². The molecular weight excluding hydrogens is 1130 g/mol. The Bertz CT molecular complexity index is 2370. The molecule has 0 amide bonds. The lowest BCUT2D eigenvalue weighted by molar-refractivity contribution is 0.192. The third-order valence-electron chi connectivity index (χ3n) is 21.6. The van der Waals surface area contributed by atoms with Crippen LogP contribution in [0, 0.1) is 23.7 Å². The van der Waals surface area contributed by atoms with Crippen LogP contribution in [-0.2, 0) is 21.7 Å². The van der Waals surface area contributed by atoms with E-state index in [0.717, 1.165) is 33.7 Å². The molecule has 0 spiro atoms. The summed E-state index contributed by atoms with van der Waals surface area (Å²) >= 11 is 49.5. The normalized spacial score (nSPS) is 25.3. The number of likely N-dealkylation sites (tertiary alicyclic amines) is 2. The first kappa shape index (κ1) is 61.7. The van der Waals surface area contributed by atoms with Gasteiger partial charge in [0.1, 0.15) is 0 Å². The fourth-order valence-electron chi connectivity index (χ4n) is 17.4. The Hall–Kier alpha value is -0.880. The third-order valence-corrected chi connectivity index (χ3v) is 24.5. The van der Waals surface area contributed by atoms with E-state index in [9.17, 15) is 0 Å². The molecule has 10 heteroatoms. The molecule has 6 saturated carbocycles. The molecule has 2 aliphatic heterocycles. The molecule has 2 atom stereocenters. The molecule has 78 heavy (non-hydrogen) atoms. The van der Waals surface area contributed by atoms with Crippen LogP contribution in [0.1, 0.15) is 215 Å². The Morgan fingerprint density at radius 1 is 0.282 bits per heavy atom. The number of hydrogen-bond donors (Lipinski definition) is 0. The molecule has 2 saturated heterocycles. The highest BCUT2D eigenvalue weighted by atomic mass is 35.5. The monoisotopic (exact) mass is 1210 g/mol. The summed E-state index contributed by atoms with van der Waals surface area (Å²) in [4.78, 5) is 4.94. The van der Waals surface area contributed by atoms with Crippen molar-refractivity contribution in [2.24, 2.45) is 23.7 Å². The van der Waals surface area contributed by atoms with Gasteiger partial charge in [-0.3, -0.25) is 0 Å². The largest absolute Gasteiger partial charge is 0.306 e. The first-order valence-corrected chi connectivity index (χ1v) is 33.9. The first-order valence-electron chi connectivity index (χ1n) is 30.9. The van der Waals surface area contributed by atoms with Crippen molar-refractivity contribution in [3.63, 3.8) is 0 Å². The van der Waals surface area contributed by atoms with Gasteiger partial charge in [0.15, 0.2) is 0 Å². The molecular formula is C68H90Cl8N2. The van der Waals surface area contributed by atoms with Crippen molar-refractivity contribution >= 4 is 92.8 Å². The molecule has 4 aromatic carbocycles. The smallest absolute Gasteiger partial charge is 0.0595 e. The number of halogens is 8. The average molecular weight is 1220 g/mol. The lowest BCUT2D eigenvalue weighted by Crippen LogP contribution is -2.38. The fourth-order valence-corrected chi connectivity index (χ4v) is 18.6. The van der Waals surface area contributed by atoms with Crippen LogP contribution in [0.4, 0.5) is 0 Å². The summed E-state index contributed by atoms with van der Waals surface area (Å²) in [6.07, 6.45) is 40.9. The second kappa shape index (κ2) is 28.3. The molecule has 2 unspecified atom stereocenters. The Balaban J connectivity index is 0.000000126. The number of rotatable bonds is 8. The molecule has 2 nitrogen and oxygen atoms in total. The Labute approximate surface area is 512 Å². The summed E-state index contributed by atoms with van der Waals surface area (Å²) in [6, 6.07) is 25.4. The van der Waals surface area contributed by atoms with E-state index in [1.807, 2.05) is 24.3 Å². The number of nitrogens with zero attached hydrogens (tertiary/aromatic N) is 2. The molecule has 428 valence electrons. The second-order valence-corrected chi connectivity index (χ2v) is 29.1. The quantitative estimate of drug-likeness (QED) is 0.173. The molecule has 8 aliphatic rings. The maximum absolute atomic E-state index is 6.29. The van der Waals surface area contributed by atoms with Crippen LogP contribution >= 0.6 is 92.8 Å². The molecule has 8 fully saturated rings. The third kappa shape index (κ3) is 14.1. The van der Waals surface area contributed by atoms with Crippen LogP contribution in [0.15, 0.2) is 72.8 Å². The van der Waals surface area contributed by atoms with E-state index in [1.165, 1.54) is 241 Å². The summed E-state index contributed by atoms with van der Waals surface area (Å²) in [6.45, 7) is 4.90. The molecule has 12 rings (SSSR count). The van der Waals surface area contributed by atoms with E-state index < -0.39 is 0 Å². The minimum atomic E-state index is 0.331. The molecule has 6 aliphatic carbocycles. The van der Waals surface area contributed by atoms with E-state index in [0.29, 0.717) is 51.8 Å². The second-order valence-electron chi connectivity index (χ2n) is 25.8. The lowest BCUT2D eigenvalue weighted by Gasteiger charge is -2.43. The van der Waals surface area contributed by atoms with Gasteiger partial charge in [-0.2, -0.15) is 0 Å². The van der Waals surface area contributed by atoms with Gasteiger partial charge in [-0.05, 0) is 233 Å². The minimum Gasteiger partial charge on any atom is -0.306 e. The zero-order valence-corrected chi connectivity index (χ0v) is 53.2. The summed E-state index contributed by atoms with van der Waals surface area (Å²) in [5, 5.41) is 5.57. The Kier molecular flexibility index (Phi) is 22.4. The van der Waals surface area contributed by atoms with Gasteiger partial charge >= 0.3 is 0 Å². The number of benzene rings is 4. The Morgan fingerprint density at radius 2 is 0.513 bits per heavy atom. The maximum Gasteiger partial charge on any atom is 0.0595 e. The van der Waals surface area contributed by atoms with Crippen LogP contribution in [0.2, 0.25) is 40.2 Å². The van der Waals surface area contributed by atoms with Crippen LogP contribution < -0.4 is 0 Å². The predicted molar refractivity (Wildman–Crippen MR) is 340 cm³/mol. The summed E-state index contributed by atoms with van der Waals surface area (Å²) in [7, 11) is 4.48. The number of hydrogen-bond acceptors (Lipinski definition) is 2. The summed E-state index contributed by atoms with van der Waals surface area (Å²) in [5.74, 6) is 3.27. The van der Waals surface area contributed by atoms with Gasteiger partial charge in [0, 0.05) is 13.1 Å². The van der Waals surface area contributed by atoms with E-state index in [-0.39, 0.29) is 0 Å². The van der Waals surface area contributed by atoms with Gasteiger partial charge in [0.25, 0.3) is 0 Å². The molecule has 0 N–H and O–H groups in total. The molecule has 0 bridgehead atoms. The zero-order valence-electron chi connectivity index (χ0n) is 47.2. The van der Waals surface area contributed by atoms with Crippen molar-refractivity contribution in [2.45, 2.75) is 214 Å². The average Bonchev–Trinajstić information content (AvgIpc) is 4.49. The fraction of sp³-hybridized carbons (Fsp3) is 0.647. The maximum atomic E-state index is 6.29. The van der Waals surface area contributed by atoms with Gasteiger partial charge in [0.05, 0.1) is 40.2 Å². The Morgan fingerprint density at radius 3 is 0.718 bits per heavy atom. The van der Waals surface area contributed by atoms with E-state index >= 15 is 0 Å². The summed E-state index contributed by atoms with van der Waals surface area (Å²) < 4.78 is 0. The van der Waals surface area contributed by atoms with Gasteiger partial charge in [-0.25, -0.2) is 0 Å². The molecule has 0 radical (unpaired) electrons. The van der Waals surface area contributed by atoms with E-state index in [1.54, 1.807) is 0 Å². The van der Waals surface area contributed by atoms with Crippen molar-refractivity contribution in [2.75, 3.05) is 40.3 Å². The molecule has 4 aromatic rings. The van der Waals surface area contributed by atoms with Crippen LogP contribution in [-0.4, -0.2) is 50.1 Å². The van der Waals surface area contributed by atoms with Crippen molar-refractivity contribution in [1.29, 1.82) is 0 Å². The van der Waals surface area contributed by atoms with Crippen LogP contribution in [0.25, 0.3) is 0 Å². The first-order chi connectivity index (χ1) is 37.7. The zero-order chi connectivity index (χ0) is 54.9. The van der Waals surface area contributed by atoms with E-state index in [4.69, 9.17) is 92.8 Å². The predicted octanol–water partition coefficient (Wildman–Crippen LogP) is 23.1. The molecule has 0 aromatic heterocycles. The van der Waals surface area contributed by atoms with Gasteiger partial charge in [-0.1, -0.05) is 220 Å². The highest BCUT2D eigenvalue weighted by Gasteiger charge is 2.47. The minimum absolute atomic E-state index is 0.331. The van der Waals surface area contributed by atoms with Gasteiger partial charge in [0.2, 0.25) is 0 Å². The summed E-state index contributed by atoms with van der Waals surface area (Å²) in [5.41, 5.74) is 7.20. The van der Waals surface area contributed by atoms with Crippen molar-refractivity contribution in [3.05, 3.63) is 135 Å². The van der Waals surface area contributed by atoms with Crippen molar-refractivity contribution in [1.82, 2.24) is 9.80 Å². The lowest BCUT2D eigenvalue weighted by atomic mass is 9.61. The van der Waals surface area contributed by atoms with Gasteiger partial charge < -0.3 is 9.80 Å². The van der Waals surface area contributed by atoms with E-state index in [2.05, 4.69) is 72.4 Å². The van der Waals surface area contributed by atoms with Crippen LogP contribution in [0.3, 0.4) is 0 Å². The molecule has 2 heterocycles. The van der Waals surface area contributed by atoms with Gasteiger partial charge in [-0.15, -0.1) is 0 Å². The van der Waals surface area contributed by atoms with Crippen molar-refractivity contribution < 1.29 is 0 Å². The standard InChI is InChI=1S/2C17H23Cl2N.2C17H22Cl2/c2*1-20-10-7-14(12-20)17(8-3-2-4-9-17)13-5-6-15(18)16(19)11-13;2*18-15-9-8-14(12-16(15)19)17(10-4-1-5-11-17)13-6-2-3-7-13/h2*5-6,11,14H,2-4,7-10,12H2,1H3;2*8-9,12-13H,1-7,10-11H2. The SMILES string of the molecule is CN1CCC(C2(c3ccc(Cl)c(Cl)c3)CCCCC2)C1.CN1CCC(C2(c3ccc(Cl)c(Cl)c3)CCCCC2)C1.Clc1ccc(C2(C3CCCC3)CCCCC2)cc1Cl.Clc1ccc(C2(C3CCCC3)CCCCC2)cc1Cl. The van der Waals surface area contributed by atoms with Crippen molar-refractivity contribution in [3.8, 4) is 0 Å².